The van der Waals surface area contributed by atoms with Crippen molar-refractivity contribution in [2.24, 2.45) is 10.9 Å². The van der Waals surface area contributed by atoms with E-state index in [0.717, 1.165) is 36.5 Å². The number of fused-ring (bicyclic) bond motifs is 1. The van der Waals surface area contributed by atoms with Gasteiger partial charge in [0.25, 0.3) is 0 Å². The van der Waals surface area contributed by atoms with Gasteiger partial charge >= 0.3 is 0 Å². The molecule has 0 spiro atoms. The maximum Gasteiger partial charge on any atom is 0.175 e. The third-order valence-corrected chi connectivity index (χ3v) is 2.82. The quantitative estimate of drug-likeness (QED) is 0.590. The van der Waals surface area contributed by atoms with Crippen molar-refractivity contribution in [3.8, 4) is 0 Å². The van der Waals surface area contributed by atoms with Gasteiger partial charge in [-0.25, -0.2) is 0 Å². The Balaban J connectivity index is 2.07. The van der Waals surface area contributed by atoms with Crippen LogP contribution in [0.25, 0.3) is 0 Å². The molecule has 1 aliphatic carbocycles. The molecule has 0 amide bonds. The molecule has 0 fully saturated rings. The Morgan fingerprint density at radius 2 is 2.46 bits per heavy atom. The highest BCUT2D eigenvalue weighted by Crippen LogP contribution is 2.29. The molecule has 0 radical (unpaired) electrons. The van der Waals surface area contributed by atoms with Crippen LogP contribution in [-0.2, 0) is 4.79 Å². The number of nitrogens with one attached hydrogen (secondary N) is 1. The van der Waals surface area contributed by atoms with Gasteiger partial charge in [0.15, 0.2) is 5.78 Å². The minimum atomic E-state index is 0.0292. The van der Waals surface area contributed by atoms with E-state index in [2.05, 4.69) is 10.3 Å². The van der Waals surface area contributed by atoms with E-state index >= 15 is 0 Å². The highest BCUT2D eigenvalue weighted by Gasteiger charge is 2.36. The third-order valence-electron chi connectivity index (χ3n) is 2.82. The van der Waals surface area contributed by atoms with Crippen molar-refractivity contribution in [1.82, 2.24) is 5.32 Å². The Hall–Kier alpha value is -1.38. The summed E-state index contributed by atoms with van der Waals surface area (Å²) in [7, 11) is 0. The number of carbonyl (C=O) groups is 1. The maximum atomic E-state index is 11.9. The number of nitrogens with zero attached hydrogens (tertiary/aromatic N) is 1. The fourth-order valence-electron chi connectivity index (χ4n) is 2.14. The number of rotatable bonds is 0. The summed E-state index contributed by atoms with van der Waals surface area (Å²) in [4.78, 5) is 16.1. The summed E-state index contributed by atoms with van der Waals surface area (Å²) < 4.78 is 0. The topological polar surface area (TPSA) is 41.5 Å². The van der Waals surface area contributed by atoms with Gasteiger partial charge in [0, 0.05) is 24.2 Å². The first-order valence-corrected chi connectivity index (χ1v) is 4.61. The van der Waals surface area contributed by atoms with Crippen LogP contribution >= 0.6 is 0 Å². The summed E-state index contributed by atoms with van der Waals surface area (Å²) in [5.74, 6) is 1.19. The molecule has 2 heterocycles. The first-order valence-electron chi connectivity index (χ1n) is 4.61. The molecule has 0 aromatic rings. The first-order chi connectivity index (χ1) is 6.36. The van der Waals surface area contributed by atoms with Gasteiger partial charge in [-0.05, 0) is 6.42 Å². The van der Waals surface area contributed by atoms with E-state index in [0.29, 0.717) is 0 Å². The molecular weight excluding hydrogens is 164 g/mol. The molecule has 0 aromatic heterocycles. The van der Waals surface area contributed by atoms with E-state index in [-0.39, 0.29) is 11.7 Å². The molecule has 1 N–H and O–H groups in total. The minimum absolute atomic E-state index is 0.0292. The van der Waals surface area contributed by atoms with E-state index in [1.54, 1.807) is 0 Å². The normalized spacial score (nSPS) is 30.0. The summed E-state index contributed by atoms with van der Waals surface area (Å²) in [5, 5.41) is 3.25. The van der Waals surface area contributed by atoms with E-state index in [4.69, 9.17) is 0 Å². The highest BCUT2D eigenvalue weighted by atomic mass is 16.1. The molecule has 3 aliphatic rings. The van der Waals surface area contributed by atoms with Crippen LogP contribution < -0.4 is 5.32 Å². The predicted octanol–water partition coefficient (Wildman–Crippen LogP) is 0.791. The summed E-state index contributed by atoms with van der Waals surface area (Å²) in [5.41, 5.74) is 1.92. The summed E-state index contributed by atoms with van der Waals surface area (Å²) in [6.07, 6.45) is 5.69. The second kappa shape index (κ2) is 2.31. The van der Waals surface area contributed by atoms with Crippen LogP contribution in [0, 0.1) is 5.92 Å². The van der Waals surface area contributed by atoms with E-state index < -0.39 is 0 Å². The zero-order chi connectivity index (χ0) is 8.84. The minimum Gasteiger partial charge on any atom is -0.346 e. The fraction of sp³-hybridized carbons (Fsp3) is 0.400. The molecule has 0 aromatic carbocycles. The molecule has 3 rings (SSSR count). The zero-order valence-corrected chi connectivity index (χ0v) is 7.21. The van der Waals surface area contributed by atoms with Crippen LogP contribution in [0.15, 0.2) is 28.4 Å². The number of allylic oxidation sites excluding steroid dienone is 3. The largest absolute Gasteiger partial charge is 0.346 e. The summed E-state index contributed by atoms with van der Waals surface area (Å²) in [6.45, 7) is 0.795. The fourth-order valence-corrected chi connectivity index (χ4v) is 2.14. The van der Waals surface area contributed by atoms with Crippen molar-refractivity contribution in [2.45, 2.75) is 12.8 Å². The summed E-state index contributed by atoms with van der Waals surface area (Å²) in [6, 6.07) is 0. The molecule has 0 saturated carbocycles. The molecule has 13 heavy (non-hydrogen) atoms. The number of Topliss-reactive ketones (excluding diaryl/α,β-unsaturated/α-hetero) is 1. The van der Waals surface area contributed by atoms with Crippen molar-refractivity contribution in [2.75, 3.05) is 6.54 Å². The van der Waals surface area contributed by atoms with E-state index in [9.17, 15) is 4.79 Å². The number of ketones is 1. The molecule has 2 aliphatic heterocycles. The van der Waals surface area contributed by atoms with Gasteiger partial charge in [0.05, 0.1) is 5.92 Å². The molecule has 3 nitrogen and oxygen atoms in total. The monoisotopic (exact) mass is 174 g/mol. The van der Waals surface area contributed by atoms with Gasteiger partial charge in [-0.15, -0.1) is 0 Å². The van der Waals surface area contributed by atoms with Crippen LogP contribution in [0.1, 0.15) is 12.8 Å². The van der Waals surface area contributed by atoms with Crippen molar-refractivity contribution in [3.63, 3.8) is 0 Å². The Labute approximate surface area is 76.2 Å². The van der Waals surface area contributed by atoms with Gasteiger partial charge < -0.3 is 5.32 Å². The maximum absolute atomic E-state index is 11.9. The molecule has 0 saturated heterocycles. The van der Waals surface area contributed by atoms with Gasteiger partial charge in [-0.1, -0.05) is 12.2 Å². The Bertz CT molecular complexity index is 376. The second-order valence-electron chi connectivity index (χ2n) is 3.60. The van der Waals surface area contributed by atoms with E-state index in [1.165, 1.54) is 0 Å². The van der Waals surface area contributed by atoms with Crippen LogP contribution in [0.3, 0.4) is 0 Å². The number of hydrogen-bond donors (Lipinski definition) is 1. The number of aliphatic imine (C=N–C) groups is 1. The van der Waals surface area contributed by atoms with Crippen LogP contribution in [-0.4, -0.2) is 18.2 Å². The van der Waals surface area contributed by atoms with Crippen LogP contribution in [0.4, 0.5) is 0 Å². The summed E-state index contributed by atoms with van der Waals surface area (Å²) >= 11 is 0. The number of amidine groups is 1. The molecule has 3 heteroatoms. The lowest BCUT2D eigenvalue weighted by atomic mass is 9.92. The zero-order valence-electron chi connectivity index (χ0n) is 7.21. The van der Waals surface area contributed by atoms with Gasteiger partial charge in [-0.3, -0.25) is 9.79 Å². The Kier molecular flexibility index (Phi) is 1.26. The van der Waals surface area contributed by atoms with Crippen molar-refractivity contribution >= 4 is 11.6 Å². The van der Waals surface area contributed by atoms with Gasteiger partial charge in [-0.2, -0.15) is 0 Å². The standard InChI is InChI=1S/C10H10N2O/c13-9-6-2-1-3-8(6)12-10-7(9)4-5-11-10/h1-2,7H,3-5H2,(H,11,12). The van der Waals surface area contributed by atoms with Gasteiger partial charge in [0.1, 0.15) is 5.84 Å². The molecule has 66 valence electrons. The number of hydrogen-bond acceptors (Lipinski definition) is 3. The smallest absolute Gasteiger partial charge is 0.175 e. The molecule has 1 atom stereocenters. The predicted molar refractivity (Wildman–Crippen MR) is 49.3 cm³/mol. The van der Waals surface area contributed by atoms with Crippen molar-refractivity contribution < 1.29 is 4.79 Å². The molecule has 0 bridgehead atoms. The SMILES string of the molecule is O=C1C2=C(CC=C2)NC2=NCCC12. The average Bonchev–Trinajstić information content (AvgIpc) is 2.71. The highest BCUT2D eigenvalue weighted by molar-refractivity contribution is 6.17. The van der Waals surface area contributed by atoms with Crippen molar-refractivity contribution in [1.29, 1.82) is 0 Å². The average molecular weight is 174 g/mol. The Morgan fingerprint density at radius 1 is 1.54 bits per heavy atom. The van der Waals surface area contributed by atoms with Gasteiger partial charge in [0.2, 0.25) is 0 Å². The van der Waals surface area contributed by atoms with Crippen molar-refractivity contribution in [3.05, 3.63) is 23.4 Å². The Morgan fingerprint density at radius 3 is 3.38 bits per heavy atom. The lowest BCUT2D eigenvalue weighted by molar-refractivity contribution is -0.117. The number of carbonyl (C=O) groups excluding carboxylic acids is 1. The molecular formula is C10H10N2O. The van der Waals surface area contributed by atoms with Crippen LogP contribution in [0.2, 0.25) is 0 Å². The lowest BCUT2D eigenvalue weighted by Gasteiger charge is -2.21. The van der Waals surface area contributed by atoms with Crippen LogP contribution in [0.5, 0.6) is 0 Å². The third kappa shape index (κ3) is 0.842. The second-order valence-corrected chi connectivity index (χ2v) is 3.60. The first kappa shape index (κ1) is 7.06. The lowest BCUT2D eigenvalue weighted by Crippen LogP contribution is -2.38. The van der Waals surface area contributed by atoms with E-state index in [1.807, 2.05) is 12.2 Å². The molecule has 1 unspecified atom stereocenters.